The molecule has 2 aromatic heterocycles. The third kappa shape index (κ3) is 8.98. The smallest absolute Gasteiger partial charge is 0.225 e. The number of nitrogen functional groups attached to an aromatic ring is 4. The lowest BCUT2D eigenvalue weighted by Crippen LogP contribution is -2.11. The third-order valence-corrected chi connectivity index (χ3v) is 8.42. The van der Waals surface area contributed by atoms with Crippen LogP contribution in [0.3, 0.4) is 0 Å². The summed E-state index contributed by atoms with van der Waals surface area (Å²) in [5, 5.41) is 1.58. The highest BCUT2D eigenvalue weighted by Crippen LogP contribution is 2.23. The molecule has 154 valence electrons. The molecule has 0 amide bonds. The van der Waals surface area contributed by atoms with Gasteiger partial charge < -0.3 is 22.9 Å². The van der Waals surface area contributed by atoms with E-state index >= 15 is 0 Å². The number of thioether (sulfide) groups is 4. The van der Waals surface area contributed by atoms with Crippen molar-refractivity contribution in [3.8, 4) is 0 Å². The van der Waals surface area contributed by atoms with Crippen LogP contribution in [0.2, 0.25) is 0 Å². The SMILES string of the molecule is Nc1nc(N)nc(SCCSCC(CS)SCCSc2nc(N)nc(N)n2)n1. The summed E-state index contributed by atoms with van der Waals surface area (Å²) in [6, 6.07) is 0. The summed E-state index contributed by atoms with van der Waals surface area (Å²) in [6.07, 6.45) is 0. The molecule has 0 aromatic carbocycles. The standard InChI is InChI=1S/C13H22N10S5/c14-8-18-9(15)21-12(20-8)27-2-1-25-6-7(5-24)26-3-4-28-13-22-10(16)19-11(17)23-13/h7,24H,1-6H2,(H4,14,15,18,20,21)(H4,16,17,19,22,23). The molecule has 1 atom stereocenters. The van der Waals surface area contributed by atoms with E-state index in [9.17, 15) is 0 Å². The van der Waals surface area contributed by atoms with Gasteiger partial charge in [-0.25, -0.2) is 0 Å². The van der Waals surface area contributed by atoms with Crippen molar-refractivity contribution in [2.75, 3.05) is 57.5 Å². The molecule has 2 heterocycles. The molecule has 0 saturated carbocycles. The van der Waals surface area contributed by atoms with Crippen molar-refractivity contribution in [3.63, 3.8) is 0 Å². The van der Waals surface area contributed by atoms with Crippen LogP contribution >= 0.6 is 59.7 Å². The molecule has 0 aliphatic carbocycles. The second-order valence-corrected chi connectivity index (χ2v) is 10.2. The van der Waals surface area contributed by atoms with Crippen LogP contribution in [0.4, 0.5) is 23.8 Å². The van der Waals surface area contributed by atoms with Crippen LogP contribution in [0.25, 0.3) is 0 Å². The van der Waals surface area contributed by atoms with Gasteiger partial charge in [0.15, 0.2) is 10.3 Å². The van der Waals surface area contributed by atoms with Gasteiger partial charge in [-0.15, -0.1) is 0 Å². The van der Waals surface area contributed by atoms with Crippen molar-refractivity contribution >= 4 is 83.5 Å². The molecule has 15 heteroatoms. The molecule has 0 aliphatic rings. The normalized spacial score (nSPS) is 12.2. The van der Waals surface area contributed by atoms with Gasteiger partial charge in [0, 0.05) is 39.8 Å². The highest BCUT2D eigenvalue weighted by atomic mass is 32.2. The average Bonchev–Trinajstić information content (AvgIpc) is 2.61. The maximum absolute atomic E-state index is 5.57. The first-order valence-corrected chi connectivity index (χ1v) is 12.9. The fraction of sp³-hybridized carbons (Fsp3) is 0.538. The quantitative estimate of drug-likeness (QED) is 0.166. The van der Waals surface area contributed by atoms with Gasteiger partial charge in [0.1, 0.15) is 0 Å². The van der Waals surface area contributed by atoms with Crippen molar-refractivity contribution in [2.24, 2.45) is 0 Å². The zero-order valence-corrected chi connectivity index (χ0v) is 19.1. The second kappa shape index (κ2) is 12.5. The summed E-state index contributed by atoms with van der Waals surface area (Å²) in [4.78, 5) is 23.7. The van der Waals surface area contributed by atoms with E-state index in [4.69, 9.17) is 22.9 Å². The van der Waals surface area contributed by atoms with Gasteiger partial charge in [-0.3, -0.25) is 0 Å². The largest absolute Gasteiger partial charge is 0.368 e. The zero-order chi connectivity index (χ0) is 20.4. The lowest BCUT2D eigenvalue weighted by molar-refractivity contribution is 0.929. The van der Waals surface area contributed by atoms with Crippen molar-refractivity contribution in [2.45, 2.75) is 15.6 Å². The Morgan fingerprint density at radius 1 is 0.679 bits per heavy atom. The Kier molecular flexibility index (Phi) is 10.4. The molecule has 0 radical (unpaired) electrons. The van der Waals surface area contributed by atoms with E-state index in [1.807, 2.05) is 23.5 Å². The van der Waals surface area contributed by atoms with Crippen molar-refractivity contribution in [3.05, 3.63) is 0 Å². The van der Waals surface area contributed by atoms with Gasteiger partial charge in [-0.1, -0.05) is 23.5 Å². The van der Waals surface area contributed by atoms with E-state index in [2.05, 4.69) is 42.5 Å². The summed E-state index contributed by atoms with van der Waals surface area (Å²) in [5.74, 6) is 6.09. The van der Waals surface area contributed by atoms with Crippen molar-refractivity contribution < 1.29 is 0 Å². The first-order chi connectivity index (χ1) is 13.5. The van der Waals surface area contributed by atoms with Gasteiger partial charge in [0.05, 0.1) is 0 Å². The Bertz CT molecular complexity index is 711. The Morgan fingerprint density at radius 3 is 1.61 bits per heavy atom. The monoisotopic (exact) mass is 478 g/mol. The minimum atomic E-state index is 0.146. The number of thiol groups is 1. The molecule has 10 nitrogen and oxygen atoms in total. The van der Waals surface area contributed by atoms with E-state index in [-0.39, 0.29) is 23.8 Å². The summed E-state index contributed by atoms with van der Waals surface area (Å²) < 4.78 is 0. The molecule has 2 aromatic rings. The molecule has 8 N–H and O–H groups in total. The van der Waals surface area contributed by atoms with Crippen LogP contribution in [-0.4, -0.2) is 69.7 Å². The van der Waals surface area contributed by atoms with Gasteiger partial charge in [0.2, 0.25) is 23.8 Å². The molecule has 0 saturated heterocycles. The number of rotatable bonds is 12. The molecule has 1 unspecified atom stereocenters. The molecular weight excluding hydrogens is 457 g/mol. The Labute approximate surface area is 185 Å². The molecule has 0 aliphatic heterocycles. The lowest BCUT2D eigenvalue weighted by Gasteiger charge is -2.13. The average molecular weight is 479 g/mol. The van der Waals surface area contributed by atoms with Crippen LogP contribution < -0.4 is 22.9 Å². The number of aromatic nitrogens is 6. The summed E-state index contributed by atoms with van der Waals surface area (Å²) in [7, 11) is 0. The Hall–Kier alpha value is -1.03. The van der Waals surface area contributed by atoms with Crippen LogP contribution in [0.1, 0.15) is 0 Å². The molecule has 0 bridgehead atoms. The van der Waals surface area contributed by atoms with Gasteiger partial charge in [-0.05, 0) is 0 Å². The predicted octanol–water partition coefficient (Wildman–Crippen LogP) is 1.03. The molecular formula is C13H22N10S5. The number of hydrogen-bond acceptors (Lipinski definition) is 15. The van der Waals surface area contributed by atoms with Crippen molar-refractivity contribution in [1.29, 1.82) is 0 Å². The highest BCUT2D eigenvalue weighted by Gasteiger charge is 2.09. The van der Waals surface area contributed by atoms with Gasteiger partial charge >= 0.3 is 0 Å². The van der Waals surface area contributed by atoms with Crippen molar-refractivity contribution in [1.82, 2.24) is 29.9 Å². The maximum Gasteiger partial charge on any atom is 0.225 e. The maximum atomic E-state index is 5.57. The van der Waals surface area contributed by atoms with Crippen LogP contribution in [-0.2, 0) is 0 Å². The minimum Gasteiger partial charge on any atom is -0.368 e. The van der Waals surface area contributed by atoms with Crippen LogP contribution in [0, 0.1) is 0 Å². The summed E-state index contributed by atoms with van der Waals surface area (Å²) in [5.41, 5.74) is 22.3. The number of nitrogens with two attached hydrogens (primary N) is 4. The first-order valence-electron chi connectivity index (χ1n) is 8.06. The fourth-order valence-corrected chi connectivity index (χ4v) is 6.61. The fourth-order valence-electron chi connectivity index (χ4n) is 1.81. The molecule has 2 rings (SSSR count). The number of anilines is 4. The van der Waals surface area contributed by atoms with E-state index in [0.717, 1.165) is 34.5 Å². The minimum absolute atomic E-state index is 0.146. The van der Waals surface area contributed by atoms with E-state index in [1.54, 1.807) is 0 Å². The van der Waals surface area contributed by atoms with E-state index < -0.39 is 0 Å². The topological polar surface area (TPSA) is 181 Å². The summed E-state index contributed by atoms with van der Waals surface area (Å²) >= 11 is 11.2. The van der Waals surface area contributed by atoms with Crippen LogP contribution in [0.5, 0.6) is 0 Å². The lowest BCUT2D eigenvalue weighted by atomic mass is 10.5. The first kappa shape index (κ1) is 23.3. The van der Waals surface area contributed by atoms with Crippen LogP contribution in [0.15, 0.2) is 10.3 Å². The van der Waals surface area contributed by atoms with Gasteiger partial charge in [0.25, 0.3) is 0 Å². The number of hydrogen-bond donors (Lipinski definition) is 5. The predicted molar refractivity (Wildman–Crippen MR) is 126 cm³/mol. The Balaban J connectivity index is 1.59. The summed E-state index contributed by atoms with van der Waals surface area (Å²) in [6.45, 7) is 0. The van der Waals surface area contributed by atoms with Gasteiger partial charge in [-0.2, -0.15) is 66.1 Å². The number of nitrogens with zero attached hydrogens (tertiary/aromatic N) is 6. The van der Waals surface area contributed by atoms with E-state index in [0.29, 0.717) is 15.6 Å². The molecule has 0 fully saturated rings. The highest BCUT2D eigenvalue weighted by molar-refractivity contribution is 8.06. The van der Waals surface area contributed by atoms with E-state index in [1.165, 1.54) is 23.5 Å². The molecule has 0 spiro atoms. The third-order valence-electron chi connectivity index (χ3n) is 2.93. The molecule has 28 heavy (non-hydrogen) atoms. The second-order valence-electron chi connectivity index (χ2n) is 5.12. The zero-order valence-electron chi connectivity index (χ0n) is 14.9. The Morgan fingerprint density at radius 2 is 1.14 bits per heavy atom.